The van der Waals surface area contributed by atoms with Crippen LogP contribution in [0.25, 0.3) is 10.9 Å². The van der Waals surface area contributed by atoms with Gasteiger partial charge in [0, 0.05) is 59.4 Å². The molecule has 4 aromatic rings. The molecule has 0 spiro atoms. The van der Waals surface area contributed by atoms with Crippen molar-refractivity contribution < 1.29 is 9.59 Å². The Bertz CT molecular complexity index is 1590. The number of rotatable bonds is 4. The molecule has 204 valence electrons. The van der Waals surface area contributed by atoms with Crippen LogP contribution in [0.3, 0.4) is 0 Å². The van der Waals surface area contributed by atoms with E-state index in [-0.39, 0.29) is 18.0 Å². The zero-order valence-corrected chi connectivity index (χ0v) is 23.3. The molecule has 7 heteroatoms. The Morgan fingerprint density at radius 2 is 1.70 bits per heavy atom. The van der Waals surface area contributed by atoms with Crippen LogP contribution in [0.5, 0.6) is 0 Å². The van der Waals surface area contributed by atoms with Gasteiger partial charge in [0.2, 0.25) is 0 Å². The SMILES string of the molecule is Cc1cc(C)c2nc(C)cc(Nc3ccc(C(=O)N4CCC(N5CCc6ccccc6NC5=O)CC4)cc3)c2c1. The summed E-state index contributed by atoms with van der Waals surface area (Å²) in [6.45, 7) is 8.17. The number of aromatic nitrogens is 1. The van der Waals surface area contributed by atoms with E-state index in [1.165, 1.54) is 11.1 Å². The number of nitrogens with zero attached hydrogens (tertiary/aromatic N) is 3. The van der Waals surface area contributed by atoms with Gasteiger partial charge in [0.25, 0.3) is 5.91 Å². The van der Waals surface area contributed by atoms with Crippen molar-refractivity contribution >= 4 is 39.9 Å². The number of anilines is 3. The molecule has 6 rings (SSSR count). The summed E-state index contributed by atoms with van der Waals surface area (Å²) in [5.41, 5.74) is 9.00. The number of para-hydroxylation sites is 1. The number of likely N-dealkylation sites (tertiary alicyclic amines) is 1. The minimum Gasteiger partial charge on any atom is -0.355 e. The van der Waals surface area contributed by atoms with E-state index >= 15 is 0 Å². The number of benzene rings is 3. The van der Waals surface area contributed by atoms with Crippen molar-refractivity contribution in [1.29, 1.82) is 0 Å². The predicted molar refractivity (Wildman–Crippen MR) is 160 cm³/mol. The summed E-state index contributed by atoms with van der Waals surface area (Å²) >= 11 is 0. The molecule has 0 aliphatic carbocycles. The lowest BCUT2D eigenvalue weighted by Gasteiger charge is -2.38. The van der Waals surface area contributed by atoms with Crippen LogP contribution in [-0.4, -0.2) is 52.4 Å². The minimum atomic E-state index is -0.0414. The first-order valence-corrected chi connectivity index (χ1v) is 14.1. The number of piperidine rings is 1. The highest BCUT2D eigenvalue weighted by Gasteiger charge is 2.31. The van der Waals surface area contributed by atoms with Crippen LogP contribution in [0.4, 0.5) is 21.9 Å². The Morgan fingerprint density at radius 3 is 2.48 bits per heavy atom. The van der Waals surface area contributed by atoms with Crippen molar-refractivity contribution in [3.8, 4) is 0 Å². The Kier molecular flexibility index (Phi) is 6.88. The van der Waals surface area contributed by atoms with Gasteiger partial charge in [0.05, 0.1) is 5.52 Å². The van der Waals surface area contributed by atoms with Crippen molar-refractivity contribution in [2.45, 2.75) is 46.1 Å². The molecule has 40 heavy (non-hydrogen) atoms. The molecule has 7 nitrogen and oxygen atoms in total. The molecule has 2 aliphatic heterocycles. The van der Waals surface area contributed by atoms with Crippen molar-refractivity contribution in [2.24, 2.45) is 0 Å². The number of nitrogens with one attached hydrogen (secondary N) is 2. The van der Waals surface area contributed by atoms with E-state index in [0.717, 1.165) is 58.5 Å². The number of aryl methyl sites for hydroxylation is 3. The number of pyridine rings is 1. The molecule has 0 saturated carbocycles. The lowest BCUT2D eigenvalue weighted by atomic mass is 10.0. The van der Waals surface area contributed by atoms with E-state index in [1.807, 2.05) is 59.2 Å². The van der Waals surface area contributed by atoms with E-state index in [1.54, 1.807) is 0 Å². The molecule has 1 aromatic heterocycles. The molecule has 3 heterocycles. The number of hydrogen-bond acceptors (Lipinski definition) is 4. The maximum absolute atomic E-state index is 13.3. The van der Waals surface area contributed by atoms with Gasteiger partial charge >= 0.3 is 6.03 Å². The average molecular weight is 534 g/mol. The number of hydrogen-bond donors (Lipinski definition) is 2. The molecule has 1 fully saturated rings. The van der Waals surface area contributed by atoms with Crippen LogP contribution in [-0.2, 0) is 6.42 Å². The van der Waals surface area contributed by atoms with Crippen LogP contribution < -0.4 is 10.6 Å². The zero-order chi connectivity index (χ0) is 27.8. The van der Waals surface area contributed by atoms with Crippen molar-refractivity contribution in [3.63, 3.8) is 0 Å². The highest BCUT2D eigenvalue weighted by molar-refractivity contribution is 5.97. The van der Waals surface area contributed by atoms with Gasteiger partial charge in [-0.1, -0.05) is 29.8 Å². The van der Waals surface area contributed by atoms with Gasteiger partial charge in [0.1, 0.15) is 0 Å². The van der Waals surface area contributed by atoms with Crippen LogP contribution in [0.2, 0.25) is 0 Å². The normalized spacial score (nSPS) is 15.9. The standard InChI is InChI=1S/C33H35N5O2/c1-21-18-22(2)31-28(19-21)30(20-23(3)34-31)35-26-10-8-25(9-11-26)32(39)37-15-13-27(14-16-37)38-17-12-24-6-4-5-7-29(24)36-33(38)40/h4-11,18-20,27H,12-17H2,1-3H3,(H,34,35)(H,36,40). The van der Waals surface area contributed by atoms with E-state index in [2.05, 4.69) is 48.7 Å². The number of amides is 3. The third-order valence-electron chi connectivity index (χ3n) is 8.12. The van der Waals surface area contributed by atoms with Crippen LogP contribution >= 0.6 is 0 Å². The first kappa shape index (κ1) is 25.9. The Balaban J connectivity index is 1.10. The maximum Gasteiger partial charge on any atom is 0.322 e. The molecule has 0 radical (unpaired) electrons. The maximum atomic E-state index is 13.3. The molecule has 0 bridgehead atoms. The van der Waals surface area contributed by atoms with Gasteiger partial charge in [-0.25, -0.2) is 4.79 Å². The minimum absolute atomic E-state index is 0.0363. The first-order valence-electron chi connectivity index (χ1n) is 14.1. The Hall–Kier alpha value is -4.39. The molecule has 2 aliphatic rings. The van der Waals surface area contributed by atoms with Crippen molar-refractivity contribution in [1.82, 2.24) is 14.8 Å². The van der Waals surface area contributed by atoms with Gasteiger partial charge < -0.3 is 20.4 Å². The lowest BCUT2D eigenvalue weighted by molar-refractivity contribution is 0.0659. The summed E-state index contributed by atoms with van der Waals surface area (Å²) in [7, 11) is 0. The number of urea groups is 1. The van der Waals surface area contributed by atoms with Gasteiger partial charge in [0.15, 0.2) is 0 Å². The zero-order valence-electron chi connectivity index (χ0n) is 23.3. The van der Waals surface area contributed by atoms with Crippen molar-refractivity contribution in [3.05, 3.63) is 94.7 Å². The topological polar surface area (TPSA) is 77.6 Å². The van der Waals surface area contributed by atoms with Crippen molar-refractivity contribution in [2.75, 3.05) is 30.3 Å². The summed E-state index contributed by atoms with van der Waals surface area (Å²) in [6, 6.07) is 22.2. The Labute approximate surface area is 235 Å². The third-order valence-corrected chi connectivity index (χ3v) is 8.12. The highest BCUT2D eigenvalue weighted by Crippen LogP contribution is 2.30. The molecule has 0 unspecified atom stereocenters. The summed E-state index contributed by atoms with van der Waals surface area (Å²) in [5.74, 6) is 0.0363. The summed E-state index contributed by atoms with van der Waals surface area (Å²) in [6.07, 6.45) is 2.40. The molecule has 1 saturated heterocycles. The monoisotopic (exact) mass is 533 g/mol. The fourth-order valence-corrected chi connectivity index (χ4v) is 6.07. The van der Waals surface area contributed by atoms with Crippen LogP contribution in [0.15, 0.2) is 66.7 Å². The van der Waals surface area contributed by atoms with E-state index in [9.17, 15) is 9.59 Å². The fourth-order valence-electron chi connectivity index (χ4n) is 6.07. The summed E-state index contributed by atoms with van der Waals surface area (Å²) in [5, 5.41) is 7.70. The number of carbonyl (C=O) groups excluding carboxylic acids is 2. The van der Waals surface area contributed by atoms with Gasteiger partial charge in [-0.3, -0.25) is 9.78 Å². The second-order valence-electron chi connectivity index (χ2n) is 11.0. The smallest absolute Gasteiger partial charge is 0.322 e. The van der Waals surface area contributed by atoms with Gasteiger partial charge in [-0.2, -0.15) is 0 Å². The Morgan fingerprint density at radius 1 is 0.950 bits per heavy atom. The third kappa shape index (κ3) is 5.11. The largest absolute Gasteiger partial charge is 0.355 e. The van der Waals surface area contributed by atoms with E-state index in [4.69, 9.17) is 4.98 Å². The van der Waals surface area contributed by atoms with Gasteiger partial charge in [-0.05, 0) is 93.6 Å². The highest BCUT2D eigenvalue weighted by atomic mass is 16.2. The second kappa shape index (κ2) is 10.6. The predicted octanol–water partition coefficient (Wildman–Crippen LogP) is 6.60. The van der Waals surface area contributed by atoms with Gasteiger partial charge in [-0.15, -0.1) is 0 Å². The molecule has 2 N–H and O–H groups in total. The van der Waals surface area contributed by atoms with E-state index < -0.39 is 0 Å². The first-order chi connectivity index (χ1) is 19.4. The van der Waals surface area contributed by atoms with Crippen LogP contribution in [0, 0.1) is 20.8 Å². The molecular formula is C33H35N5O2. The van der Waals surface area contributed by atoms with E-state index in [0.29, 0.717) is 25.2 Å². The number of fused-ring (bicyclic) bond motifs is 2. The quantitative estimate of drug-likeness (QED) is 0.310. The van der Waals surface area contributed by atoms with Crippen LogP contribution in [0.1, 0.15) is 45.6 Å². The summed E-state index contributed by atoms with van der Waals surface area (Å²) in [4.78, 5) is 34.9. The summed E-state index contributed by atoms with van der Waals surface area (Å²) < 4.78 is 0. The molecule has 3 aromatic carbocycles. The average Bonchev–Trinajstić information content (AvgIpc) is 3.12. The number of carbonyl (C=O) groups is 2. The lowest BCUT2D eigenvalue weighted by Crippen LogP contribution is -2.50. The molecule has 0 atom stereocenters. The molecular weight excluding hydrogens is 498 g/mol. The second-order valence-corrected chi connectivity index (χ2v) is 11.0. The fraction of sp³-hybridized carbons (Fsp3) is 0.303. The molecule has 3 amide bonds.